The van der Waals surface area contributed by atoms with Gasteiger partial charge in [0.05, 0.1) is 14.2 Å². The lowest BCUT2D eigenvalue weighted by Crippen LogP contribution is -2.14. The van der Waals surface area contributed by atoms with E-state index >= 15 is 0 Å². The standard InChI is InChI=1S/C18H18O3/c1-20-14-8-9-16(18(11-14)21-2)15-5-3-4-12-6-7-13(19)10-17(12)15/h3-5,8-9,11H,6-7,10H2,1-2H3. The van der Waals surface area contributed by atoms with E-state index in [1.165, 1.54) is 5.56 Å². The topological polar surface area (TPSA) is 35.5 Å². The molecule has 0 atom stereocenters. The molecule has 0 amide bonds. The summed E-state index contributed by atoms with van der Waals surface area (Å²) < 4.78 is 10.7. The molecule has 0 radical (unpaired) electrons. The first-order valence-electron chi connectivity index (χ1n) is 7.08. The summed E-state index contributed by atoms with van der Waals surface area (Å²) in [6, 6.07) is 12.0. The second-order valence-electron chi connectivity index (χ2n) is 5.22. The van der Waals surface area contributed by atoms with Gasteiger partial charge in [-0.3, -0.25) is 4.79 Å². The smallest absolute Gasteiger partial charge is 0.137 e. The molecule has 3 heteroatoms. The van der Waals surface area contributed by atoms with Crippen molar-refractivity contribution in [3.8, 4) is 22.6 Å². The Labute approximate surface area is 124 Å². The van der Waals surface area contributed by atoms with Crippen LogP contribution >= 0.6 is 0 Å². The van der Waals surface area contributed by atoms with Gasteiger partial charge < -0.3 is 9.47 Å². The number of rotatable bonds is 3. The predicted octanol–water partition coefficient (Wildman–Crippen LogP) is 3.43. The highest BCUT2D eigenvalue weighted by molar-refractivity contribution is 5.87. The largest absolute Gasteiger partial charge is 0.497 e. The molecule has 1 aliphatic rings. The summed E-state index contributed by atoms with van der Waals surface area (Å²) >= 11 is 0. The van der Waals surface area contributed by atoms with Crippen molar-refractivity contribution >= 4 is 5.78 Å². The number of ether oxygens (including phenoxy) is 2. The molecule has 0 saturated carbocycles. The van der Waals surface area contributed by atoms with Crippen LogP contribution in [0, 0.1) is 0 Å². The quantitative estimate of drug-likeness (QED) is 0.865. The average molecular weight is 282 g/mol. The Morgan fingerprint density at radius 3 is 2.57 bits per heavy atom. The number of methoxy groups -OCH3 is 2. The highest BCUT2D eigenvalue weighted by Gasteiger charge is 2.20. The molecule has 3 nitrogen and oxygen atoms in total. The highest BCUT2D eigenvalue weighted by atomic mass is 16.5. The number of benzene rings is 2. The highest BCUT2D eigenvalue weighted by Crippen LogP contribution is 2.37. The van der Waals surface area contributed by atoms with Gasteiger partial charge in [0, 0.05) is 24.5 Å². The molecular formula is C18H18O3. The first-order chi connectivity index (χ1) is 10.2. The van der Waals surface area contributed by atoms with E-state index in [-0.39, 0.29) is 0 Å². The van der Waals surface area contributed by atoms with Crippen LogP contribution in [0.15, 0.2) is 36.4 Å². The second kappa shape index (κ2) is 5.60. The van der Waals surface area contributed by atoms with Gasteiger partial charge in [-0.05, 0) is 35.2 Å². The number of ketones is 1. The summed E-state index contributed by atoms with van der Waals surface area (Å²) in [5, 5.41) is 0. The third-order valence-corrected chi connectivity index (χ3v) is 4.02. The van der Waals surface area contributed by atoms with Crippen molar-refractivity contribution in [1.29, 1.82) is 0 Å². The molecule has 1 aliphatic carbocycles. The first kappa shape index (κ1) is 13.7. The van der Waals surface area contributed by atoms with Crippen LogP contribution in [0.25, 0.3) is 11.1 Å². The van der Waals surface area contributed by atoms with Gasteiger partial charge in [-0.1, -0.05) is 18.2 Å². The van der Waals surface area contributed by atoms with Gasteiger partial charge in [-0.2, -0.15) is 0 Å². The maximum Gasteiger partial charge on any atom is 0.137 e. The van der Waals surface area contributed by atoms with Gasteiger partial charge in [0.1, 0.15) is 17.3 Å². The lowest BCUT2D eigenvalue weighted by atomic mass is 9.85. The lowest BCUT2D eigenvalue weighted by Gasteiger charge is -2.20. The minimum absolute atomic E-state index is 0.308. The van der Waals surface area contributed by atoms with Crippen molar-refractivity contribution in [1.82, 2.24) is 0 Å². The van der Waals surface area contributed by atoms with Crippen molar-refractivity contribution in [2.75, 3.05) is 14.2 Å². The first-order valence-corrected chi connectivity index (χ1v) is 7.08. The molecule has 0 spiro atoms. The van der Waals surface area contributed by atoms with E-state index in [0.717, 1.165) is 34.6 Å². The molecule has 0 aliphatic heterocycles. The van der Waals surface area contributed by atoms with Gasteiger partial charge in [0.15, 0.2) is 0 Å². The maximum atomic E-state index is 11.8. The lowest BCUT2D eigenvalue weighted by molar-refractivity contribution is -0.118. The van der Waals surface area contributed by atoms with Crippen molar-refractivity contribution in [3.05, 3.63) is 47.5 Å². The van der Waals surface area contributed by atoms with Crippen LogP contribution in [-0.2, 0) is 17.6 Å². The van der Waals surface area contributed by atoms with Crippen LogP contribution in [0.4, 0.5) is 0 Å². The Bertz CT molecular complexity index is 689. The number of carbonyl (C=O) groups is 1. The summed E-state index contributed by atoms with van der Waals surface area (Å²) in [5.74, 6) is 1.83. The van der Waals surface area contributed by atoms with Gasteiger partial charge in [0.2, 0.25) is 0 Å². The van der Waals surface area contributed by atoms with Crippen LogP contribution in [-0.4, -0.2) is 20.0 Å². The average Bonchev–Trinajstić information content (AvgIpc) is 2.53. The van der Waals surface area contributed by atoms with E-state index in [9.17, 15) is 4.79 Å². The number of Topliss-reactive ketones (excluding diaryl/α,β-unsaturated/α-hetero) is 1. The Hall–Kier alpha value is -2.29. The fraction of sp³-hybridized carbons (Fsp3) is 0.278. The summed E-state index contributed by atoms with van der Waals surface area (Å²) in [4.78, 5) is 11.8. The van der Waals surface area contributed by atoms with E-state index in [4.69, 9.17) is 9.47 Å². The summed E-state index contributed by atoms with van der Waals surface area (Å²) in [7, 11) is 3.29. The Morgan fingerprint density at radius 2 is 1.81 bits per heavy atom. The molecule has 3 rings (SSSR count). The van der Waals surface area contributed by atoms with Gasteiger partial charge in [0.25, 0.3) is 0 Å². The Kier molecular flexibility index (Phi) is 3.65. The Morgan fingerprint density at radius 1 is 0.952 bits per heavy atom. The van der Waals surface area contributed by atoms with Crippen molar-refractivity contribution in [2.45, 2.75) is 19.3 Å². The van der Waals surface area contributed by atoms with E-state index in [1.54, 1.807) is 14.2 Å². The Balaban J connectivity index is 2.15. The molecule has 0 unspecified atom stereocenters. The summed E-state index contributed by atoms with van der Waals surface area (Å²) in [5.41, 5.74) is 4.49. The molecule has 0 bridgehead atoms. The van der Waals surface area contributed by atoms with E-state index in [0.29, 0.717) is 18.6 Å². The molecule has 0 heterocycles. The molecule has 108 valence electrons. The zero-order valence-electron chi connectivity index (χ0n) is 12.3. The van der Waals surface area contributed by atoms with Crippen LogP contribution in [0.1, 0.15) is 17.5 Å². The third kappa shape index (κ3) is 2.51. The van der Waals surface area contributed by atoms with Gasteiger partial charge in [-0.15, -0.1) is 0 Å². The molecule has 0 aromatic heterocycles. The van der Waals surface area contributed by atoms with Gasteiger partial charge in [-0.25, -0.2) is 0 Å². The monoisotopic (exact) mass is 282 g/mol. The SMILES string of the molecule is COc1ccc(-c2cccc3c2CC(=O)CC3)c(OC)c1. The maximum absolute atomic E-state index is 11.8. The second-order valence-corrected chi connectivity index (χ2v) is 5.22. The molecule has 2 aromatic rings. The number of carbonyl (C=O) groups excluding carboxylic acids is 1. The van der Waals surface area contributed by atoms with E-state index in [1.807, 2.05) is 24.3 Å². The molecular weight excluding hydrogens is 264 g/mol. The normalized spacial score (nSPS) is 13.7. The summed E-state index contributed by atoms with van der Waals surface area (Å²) in [6.45, 7) is 0. The third-order valence-electron chi connectivity index (χ3n) is 4.02. The van der Waals surface area contributed by atoms with Crippen LogP contribution in [0.5, 0.6) is 11.5 Å². The summed E-state index contributed by atoms with van der Waals surface area (Å²) in [6.07, 6.45) is 2.00. The fourth-order valence-corrected chi connectivity index (χ4v) is 2.91. The van der Waals surface area contributed by atoms with Crippen LogP contribution < -0.4 is 9.47 Å². The molecule has 0 saturated heterocycles. The molecule has 2 aromatic carbocycles. The fourth-order valence-electron chi connectivity index (χ4n) is 2.91. The molecule has 0 N–H and O–H groups in total. The molecule has 0 fully saturated rings. The van der Waals surface area contributed by atoms with Crippen molar-refractivity contribution in [3.63, 3.8) is 0 Å². The van der Waals surface area contributed by atoms with Crippen molar-refractivity contribution in [2.24, 2.45) is 0 Å². The molecule has 21 heavy (non-hydrogen) atoms. The van der Waals surface area contributed by atoms with Crippen LogP contribution in [0.2, 0.25) is 0 Å². The number of aryl methyl sites for hydroxylation is 1. The number of hydrogen-bond donors (Lipinski definition) is 0. The van der Waals surface area contributed by atoms with Gasteiger partial charge >= 0.3 is 0 Å². The predicted molar refractivity (Wildman–Crippen MR) is 82.0 cm³/mol. The minimum atomic E-state index is 0.308. The van der Waals surface area contributed by atoms with E-state index in [2.05, 4.69) is 12.1 Å². The number of fused-ring (bicyclic) bond motifs is 1. The zero-order chi connectivity index (χ0) is 14.8. The van der Waals surface area contributed by atoms with Crippen molar-refractivity contribution < 1.29 is 14.3 Å². The van der Waals surface area contributed by atoms with E-state index < -0.39 is 0 Å². The zero-order valence-corrected chi connectivity index (χ0v) is 12.3. The minimum Gasteiger partial charge on any atom is -0.497 e. The van der Waals surface area contributed by atoms with Crippen LogP contribution in [0.3, 0.4) is 0 Å². The number of hydrogen-bond acceptors (Lipinski definition) is 3.